The lowest BCUT2D eigenvalue weighted by Gasteiger charge is -2.10. The minimum Gasteiger partial charge on any atom is -0.495 e. The van der Waals surface area contributed by atoms with E-state index in [1.165, 1.54) is 14.2 Å². The molecule has 0 aliphatic heterocycles. The molecule has 0 atom stereocenters. The van der Waals surface area contributed by atoms with Crippen LogP contribution in [-0.4, -0.2) is 34.8 Å². The Kier molecular flexibility index (Phi) is 5.62. The van der Waals surface area contributed by atoms with E-state index in [1.54, 1.807) is 48.5 Å². The van der Waals surface area contributed by atoms with E-state index in [9.17, 15) is 9.59 Å². The molecule has 8 nitrogen and oxygen atoms in total. The Morgan fingerprint density at radius 3 is 1.59 bits per heavy atom. The average Bonchev–Trinajstić information content (AvgIpc) is 3.19. The number of rotatable bonds is 6. The van der Waals surface area contributed by atoms with Gasteiger partial charge in [-0.1, -0.05) is 24.3 Å². The van der Waals surface area contributed by atoms with E-state index in [4.69, 9.17) is 9.47 Å². The van der Waals surface area contributed by atoms with Gasteiger partial charge < -0.3 is 20.1 Å². The van der Waals surface area contributed by atoms with Crippen LogP contribution in [0.1, 0.15) is 21.0 Å². The number of aromatic nitrogens is 2. The van der Waals surface area contributed by atoms with Crippen molar-refractivity contribution in [3.63, 3.8) is 0 Å². The molecule has 0 fully saturated rings. The molecule has 0 radical (unpaired) electrons. The first-order valence-corrected chi connectivity index (χ1v) is 8.58. The molecule has 0 aliphatic carbocycles. The molecule has 3 aromatic rings. The average molecular weight is 384 g/mol. The monoisotopic (exact) mass is 384 g/mol. The van der Waals surface area contributed by atoms with Crippen LogP contribution in [-0.2, 0) is 0 Å². The normalized spacial score (nSPS) is 10.1. The number of carbonyl (C=O) groups is 2. The highest BCUT2D eigenvalue weighted by atomic mass is 32.1. The lowest BCUT2D eigenvalue weighted by Crippen LogP contribution is -2.20. The topological polar surface area (TPSA) is 102 Å². The summed E-state index contributed by atoms with van der Waals surface area (Å²) in [5, 5.41) is 5.36. The lowest BCUT2D eigenvalue weighted by atomic mass is 10.2. The van der Waals surface area contributed by atoms with Gasteiger partial charge in [-0.05, 0) is 24.3 Å². The van der Waals surface area contributed by atoms with E-state index >= 15 is 0 Å². The van der Waals surface area contributed by atoms with E-state index in [1.807, 2.05) is 0 Å². The number of benzene rings is 2. The standard InChI is InChI=1S/C18H16N4O4S/c1-25-13-9-5-3-7-11(13)19-17(23)15-16(22-27-21-15)18(24)20-12-8-4-6-10-14(12)26-2/h3-10H,1-2H3,(H,19,23)(H,20,24). The van der Waals surface area contributed by atoms with E-state index in [0.717, 1.165) is 11.7 Å². The Morgan fingerprint density at radius 2 is 1.19 bits per heavy atom. The van der Waals surface area contributed by atoms with Gasteiger partial charge in [-0.2, -0.15) is 8.75 Å². The summed E-state index contributed by atoms with van der Waals surface area (Å²) in [5.74, 6) is -0.125. The van der Waals surface area contributed by atoms with E-state index in [0.29, 0.717) is 22.9 Å². The molecule has 3 rings (SSSR count). The molecule has 2 aromatic carbocycles. The van der Waals surface area contributed by atoms with Crippen molar-refractivity contribution in [2.45, 2.75) is 0 Å². The zero-order valence-corrected chi connectivity index (χ0v) is 15.4. The number of carbonyl (C=O) groups excluding carboxylic acids is 2. The number of para-hydroxylation sites is 4. The molecule has 2 N–H and O–H groups in total. The van der Waals surface area contributed by atoms with Crippen LogP contribution in [0.3, 0.4) is 0 Å². The summed E-state index contributed by atoms with van der Waals surface area (Å²) in [5.41, 5.74) is 0.791. The molecule has 0 spiro atoms. The van der Waals surface area contributed by atoms with Gasteiger partial charge in [-0.15, -0.1) is 0 Å². The maximum absolute atomic E-state index is 12.6. The lowest BCUT2D eigenvalue weighted by molar-refractivity contribution is 0.0985. The van der Waals surface area contributed by atoms with Gasteiger partial charge in [0.1, 0.15) is 11.5 Å². The Morgan fingerprint density at radius 1 is 0.778 bits per heavy atom. The van der Waals surface area contributed by atoms with Crippen molar-refractivity contribution in [1.29, 1.82) is 0 Å². The quantitative estimate of drug-likeness (QED) is 0.677. The molecule has 9 heteroatoms. The zero-order chi connectivity index (χ0) is 19.2. The van der Waals surface area contributed by atoms with Crippen molar-refractivity contribution in [2.75, 3.05) is 24.9 Å². The van der Waals surface area contributed by atoms with Gasteiger partial charge in [0.25, 0.3) is 11.8 Å². The minimum absolute atomic E-state index is 0.0710. The molecule has 138 valence electrons. The molecule has 0 saturated heterocycles. The van der Waals surface area contributed by atoms with Gasteiger partial charge in [0, 0.05) is 0 Å². The summed E-state index contributed by atoms with van der Waals surface area (Å²) < 4.78 is 18.3. The summed E-state index contributed by atoms with van der Waals surface area (Å²) in [6.45, 7) is 0. The number of nitrogens with one attached hydrogen (secondary N) is 2. The molecule has 2 amide bonds. The highest BCUT2D eigenvalue weighted by Gasteiger charge is 2.24. The number of methoxy groups -OCH3 is 2. The highest BCUT2D eigenvalue weighted by Crippen LogP contribution is 2.25. The first-order valence-electron chi connectivity index (χ1n) is 7.85. The predicted octanol–water partition coefficient (Wildman–Crippen LogP) is 3.06. The number of nitrogens with zero attached hydrogens (tertiary/aromatic N) is 2. The Balaban J connectivity index is 1.81. The van der Waals surface area contributed by atoms with Crippen molar-refractivity contribution < 1.29 is 19.1 Å². The predicted molar refractivity (Wildman–Crippen MR) is 102 cm³/mol. The van der Waals surface area contributed by atoms with Crippen LogP contribution >= 0.6 is 11.7 Å². The summed E-state index contributed by atoms with van der Waals surface area (Å²) in [4.78, 5) is 25.2. The molecule has 1 aromatic heterocycles. The van der Waals surface area contributed by atoms with E-state index in [-0.39, 0.29) is 11.4 Å². The van der Waals surface area contributed by atoms with Gasteiger partial charge in [-0.25, -0.2) is 0 Å². The molecular formula is C18H16N4O4S. The number of hydrogen-bond donors (Lipinski definition) is 2. The van der Waals surface area contributed by atoms with Crippen LogP contribution in [0.4, 0.5) is 11.4 Å². The van der Waals surface area contributed by atoms with Crippen molar-refractivity contribution in [1.82, 2.24) is 8.75 Å². The summed E-state index contributed by atoms with van der Waals surface area (Å²) in [6, 6.07) is 13.9. The van der Waals surface area contributed by atoms with Crippen LogP contribution in [0.2, 0.25) is 0 Å². The van der Waals surface area contributed by atoms with E-state index in [2.05, 4.69) is 19.4 Å². The molecule has 0 bridgehead atoms. The third-order valence-corrected chi connectivity index (χ3v) is 4.16. The molecule has 1 heterocycles. The second-order valence-corrected chi connectivity index (χ2v) is 5.80. The maximum atomic E-state index is 12.6. The largest absolute Gasteiger partial charge is 0.495 e. The fraction of sp³-hybridized carbons (Fsp3) is 0.111. The van der Waals surface area contributed by atoms with Gasteiger partial charge in [-0.3, -0.25) is 9.59 Å². The second-order valence-electron chi connectivity index (χ2n) is 5.27. The smallest absolute Gasteiger partial charge is 0.278 e. The van der Waals surface area contributed by atoms with Gasteiger partial charge >= 0.3 is 0 Å². The van der Waals surface area contributed by atoms with Crippen molar-refractivity contribution >= 4 is 34.9 Å². The molecule has 0 aliphatic rings. The molecular weight excluding hydrogens is 368 g/mol. The Hall–Kier alpha value is -3.46. The number of amides is 2. The molecule has 27 heavy (non-hydrogen) atoms. The van der Waals surface area contributed by atoms with Crippen molar-refractivity contribution in [3.05, 3.63) is 59.9 Å². The number of anilines is 2. The van der Waals surface area contributed by atoms with Crippen molar-refractivity contribution in [3.8, 4) is 11.5 Å². The summed E-state index contributed by atoms with van der Waals surface area (Å²) >= 11 is 0.780. The van der Waals surface area contributed by atoms with Gasteiger partial charge in [0.15, 0.2) is 11.4 Å². The summed E-state index contributed by atoms with van der Waals surface area (Å²) in [7, 11) is 3.00. The van der Waals surface area contributed by atoms with Crippen LogP contribution in [0.15, 0.2) is 48.5 Å². The SMILES string of the molecule is COc1ccccc1NC(=O)c1nsnc1C(=O)Nc1ccccc1OC. The minimum atomic E-state index is -0.557. The van der Waals surface area contributed by atoms with Crippen LogP contribution < -0.4 is 20.1 Å². The van der Waals surface area contributed by atoms with Crippen LogP contribution in [0.25, 0.3) is 0 Å². The highest BCUT2D eigenvalue weighted by molar-refractivity contribution is 6.99. The zero-order valence-electron chi connectivity index (χ0n) is 14.6. The number of ether oxygens (including phenoxy) is 2. The second kappa shape index (κ2) is 8.28. The molecule has 0 saturated carbocycles. The van der Waals surface area contributed by atoms with E-state index < -0.39 is 11.8 Å². The summed E-state index contributed by atoms with van der Waals surface area (Å²) in [6.07, 6.45) is 0. The maximum Gasteiger partial charge on any atom is 0.278 e. The van der Waals surface area contributed by atoms with Crippen LogP contribution in [0, 0.1) is 0 Å². The Bertz CT molecular complexity index is 897. The van der Waals surface area contributed by atoms with Crippen LogP contribution in [0.5, 0.6) is 11.5 Å². The Labute approximate surface area is 159 Å². The van der Waals surface area contributed by atoms with Crippen molar-refractivity contribution in [2.24, 2.45) is 0 Å². The van der Waals surface area contributed by atoms with Gasteiger partial charge in [0.2, 0.25) is 0 Å². The number of hydrogen-bond acceptors (Lipinski definition) is 7. The fourth-order valence-electron chi connectivity index (χ4n) is 2.35. The fourth-order valence-corrected chi connectivity index (χ4v) is 2.89. The van der Waals surface area contributed by atoms with Gasteiger partial charge in [0.05, 0.1) is 37.3 Å². The first-order chi connectivity index (χ1) is 13.1. The third-order valence-electron chi connectivity index (χ3n) is 3.63. The molecule has 0 unspecified atom stereocenters. The third kappa shape index (κ3) is 4.04. The first kappa shape index (κ1) is 18.3.